The van der Waals surface area contributed by atoms with Crippen molar-refractivity contribution in [3.05, 3.63) is 0 Å². The van der Waals surface area contributed by atoms with Crippen LogP contribution in [0.15, 0.2) is 4.99 Å². The van der Waals surface area contributed by atoms with Gasteiger partial charge < -0.3 is 5.32 Å². The molecule has 1 heterocycles. The molecule has 0 radical (unpaired) electrons. The average molecular weight is 266 g/mol. The number of amides is 1. The minimum absolute atomic E-state index is 0.129. The second-order valence-corrected chi connectivity index (χ2v) is 7.93. The number of nitrogens with one attached hydrogen (secondary N) is 1. The monoisotopic (exact) mass is 266 g/mol. The molecule has 100 valence electrons. The lowest BCUT2D eigenvalue weighted by atomic mass is 9.96. The molecule has 2 saturated carbocycles. The van der Waals surface area contributed by atoms with Gasteiger partial charge >= 0.3 is 0 Å². The van der Waals surface area contributed by atoms with Crippen molar-refractivity contribution in [3.8, 4) is 0 Å². The van der Waals surface area contributed by atoms with E-state index in [9.17, 15) is 4.79 Å². The van der Waals surface area contributed by atoms with E-state index in [0.29, 0.717) is 12.0 Å². The molecule has 3 nitrogen and oxygen atoms in total. The van der Waals surface area contributed by atoms with Crippen LogP contribution in [0.3, 0.4) is 0 Å². The van der Waals surface area contributed by atoms with Crippen LogP contribution in [0.25, 0.3) is 0 Å². The highest BCUT2D eigenvalue weighted by molar-refractivity contribution is 8.16. The van der Waals surface area contributed by atoms with Crippen LogP contribution in [-0.2, 0) is 4.79 Å². The SMILES string of the molecule is CC(C)[C@]1(C)SC(=NC2C[C@@H]3CC[C@H]2C3)NC1=O. The molecule has 4 atom stereocenters. The summed E-state index contributed by atoms with van der Waals surface area (Å²) in [6.45, 7) is 6.24. The molecule has 3 fully saturated rings. The van der Waals surface area contributed by atoms with E-state index in [1.165, 1.54) is 25.7 Å². The molecular weight excluding hydrogens is 244 g/mol. The lowest BCUT2D eigenvalue weighted by molar-refractivity contribution is -0.122. The fourth-order valence-electron chi connectivity index (χ4n) is 3.45. The Morgan fingerprint density at radius 1 is 1.39 bits per heavy atom. The molecule has 1 amide bonds. The summed E-state index contributed by atoms with van der Waals surface area (Å²) < 4.78 is -0.337. The summed E-state index contributed by atoms with van der Waals surface area (Å²) in [7, 11) is 0. The highest BCUT2D eigenvalue weighted by Gasteiger charge is 2.46. The molecule has 1 saturated heterocycles. The van der Waals surface area contributed by atoms with Gasteiger partial charge in [-0.15, -0.1) is 0 Å². The van der Waals surface area contributed by atoms with Crippen molar-refractivity contribution < 1.29 is 4.79 Å². The summed E-state index contributed by atoms with van der Waals surface area (Å²) in [6, 6.07) is 0.473. The number of rotatable bonds is 2. The molecule has 2 aliphatic carbocycles. The number of hydrogen-bond donors (Lipinski definition) is 1. The van der Waals surface area contributed by atoms with Crippen molar-refractivity contribution >= 4 is 22.8 Å². The van der Waals surface area contributed by atoms with E-state index in [1.807, 2.05) is 6.92 Å². The lowest BCUT2D eigenvalue weighted by Gasteiger charge is -2.23. The highest BCUT2D eigenvalue weighted by Crippen LogP contribution is 2.47. The lowest BCUT2D eigenvalue weighted by Crippen LogP contribution is -2.38. The van der Waals surface area contributed by atoms with E-state index in [-0.39, 0.29) is 10.7 Å². The molecule has 0 spiro atoms. The second kappa shape index (κ2) is 4.26. The Morgan fingerprint density at radius 3 is 2.67 bits per heavy atom. The summed E-state index contributed by atoms with van der Waals surface area (Å²) in [5.74, 6) is 2.15. The molecule has 1 unspecified atom stereocenters. The van der Waals surface area contributed by atoms with Crippen molar-refractivity contribution in [2.75, 3.05) is 0 Å². The van der Waals surface area contributed by atoms with Crippen LogP contribution in [0.5, 0.6) is 0 Å². The van der Waals surface area contributed by atoms with Crippen LogP contribution >= 0.6 is 11.8 Å². The topological polar surface area (TPSA) is 41.5 Å². The predicted octanol–water partition coefficient (Wildman–Crippen LogP) is 2.81. The maximum absolute atomic E-state index is 12.1. The minimum atomic E-state index is -0.337. The number of aliphatic imine (C=N–C) groups is 1. The van der Waals surface area contributed by atoms with Crippen LogP contribution in [0.2, 0.25) is 0 Å². The van der Waals surface area contributed by atoms with Gasteiger partial charge in [0, 0.05) is 0 Å². The summed E-state index contributed by atoms with van der Waals surface area (Å²) in [5, 5.41) is 3.86. The first-order chi connectivity index (χ1) is 8.49. The molecule has 0 aromatic rings. The highest BCUT2D eigenvalue weighted by atomic mass is 32.2. The molecule has 4 heteroatoms. The van der Waals surface area contributed by atoms with Gasteiger partial charge in [-0.05, 0) is 43.9 Å². The van der Waals surface area contributed by atoms with Gasteiger partial charge in [-0.2, -0.15) is 0 Å². The summed E-state index contributed by atoms with van der Waals surface area (Å²) in [5.41, 5.74) is 0. The zero-order valence-electron chi connectivity index (χ0n) is 11.4. The van der Waals surface area contributed by atoms with E-state index in [4.69, 9.17) is 4.99 Å². The van der Waals surface area contributed by atoms with Gasteiger partial charge in [0.15, 0.2) is 5.17 Å². The third-order valence-electron chi connectivity index (χ3n) is 5.07. The van der Waals surface area contributed by atoms with Crippen molar-refractivity contribution in [2.24, 2.45) is 22.7 Å². The minimum Gasteiger partial charge on any atom is -0.304 e. The smallest absolute Gasteiger partial charge is 0.242 e. The van der Waals surface area contributed by atoms with Gasteiger partial charge in [-0.1, -0.05) is 32.0 Å². The van der Waals surface area contributed by atoms with Gasteiger partial charge in [0.2, 0.25) is 5.91 Å². The molecule has 1 aliphatic heterocycles. The van der Waals surface area contributed by atoms with Crippen LogP contribution in [0, 0.1) is 17.8 Å². The van der Waals surface area contributed by atoms with Gasteiger partial charge in [-0.25, -0.2) is 0 Å². The largest absolute Gasteiger partial charge is 0.304 e. The summed E-state index contributed by atoms with van der Waals surface area (Å²) in [4.78, 5) is 16.9. The molecule has 0 aromatic carbocycles. The fraction of sp³-hybridized carbons (Fsp3) is 0.857. The fourth-order valence-corrected chi connectivity index (χ4v) is 4.57. The number of thioether (sulfide) groups is 1. The van der Waals surface area contributed by atoms with E-state index in [0.717, 1.165) is 17.0 Å². The zero-order chi connectivity index (χ0) is 12.9. The Hall–Kier alpha value is -0.510. The van der Waals surface area contributed by atoms with Crippen molar-refractivity contribution in [1.82, 2.24) is 5.32 Å². The van der Waals surface area contributed by atoms with Crippen LogP contribution in [0.1, 0.15) is 46.5 Å². The zero-order valence-corrected chi connectivity index (χ0v) is 12.2. The Bertz CT molecular complexity index is 407. The van der Waals surface area contributed by atoms with Crippen molar-refractivity contribution in [2.45, 2.75) is 57.2 Å². The maximum atomic E-state index is 12.1. The predicted molar refractivity (Wildman–Crippen MR) is 75.6 cm³/mol. The van der Waals surface area contributed by atoms with E-state index in [2.05, 4.69) is 19.2 Å². The van der Waals surface area contributed by atoms with Crippen LogP contribution in [0.4, 0.5) is 0 Å². The Morgan fingerprint density at radius 2 is 2.17 bits per heavy atom. The van der Waals surface area contributed by atoms with E-state index < -0.39 is 0 Å². The number of carbonyl (C=O) groups excluding carboxylic acids is 1. The number of hydrogen-bond acceptors (Lipinski definition) is 3. The molecule has 2 bridgehead atoms. The second-order valence-electron chi connectivity index (χ2n) is 6.49. The first-order valence-electron chi connectivity index (χ1n) is 7.07. The van der Waals surface area contributed by atoms with Crippen molar-refractivity contribution in [1.29, 1.82) is 0 Å². The number of nitrogens with zero attached hydrogens (tertiary/aromatic N) is 1. The van der Waals surface area contributed by atoms with Crippen LogP contribution < -0.4 is 5.32 Å². The Labute approximate surface area is 113 Å². The Kier molecular flexibility index (Phi) is 2.96. The molecular formula is C14H22N2OS. The molecule has 1 N–H and O–H groups in total. The number of fused-ring (bicyclic) bond motifs is 2. The third-order valence-corrected chi connectivity index (χ3v) is 6.55. The maximum Gasteiger partial charge on any atom is 0.242 e. The summed E-state index contributed by atoms with van der Waals surface area (Å²) >= 11 is 1.63. The molecule has 3 rings (SSSR count). The van der Waals surface area contributed by atoms with Gasteiger partial charge in [0.1, 0.15) is 4.75 Å². The van der Waals surface area contributed by atoms with Gasteiger partial charge in [-0.3, -0.25) is 9.79 Å². The van der Waals surface area contributed by atoms with E-state index in [1.54, 1.807) is 11.8 Å². The third kappa shape index (κ3) is 1.89. The molecule has 18 heavy (non-hydrogen) atoms. The number of carbonyl (C=O) groups is 1. The summed E-state index contributed by atoms with van der Waals surface area (Å²) in [6.07, 6.45) is 5.34. The first kappa shape index (κ1) is 12.5. The molecule has 0 aromatic heterocycles. The van der Waals surface area contributed by atoms with E-state index >= 15 is 0 Å². The first-order valence-corrected chi connectivity index (χ1v) is 7.89. The van der Waals surface area contributed by atoms with Gasteiger partial charge in [0.05, 0.1) is 6.04 Å². The Balaban J connectivity index is 1.74. The van der Waals surface area contributed by atoms with Gasteiger partial charge in [0.25, 0.3) is 0 Å². The standard InChI is InChI=1S/C14H22N2OS/c1-8(2)14(3)12(17)16-13(18-14)15-11-7-9-4-5-10(11)6-9/h8-11H,4-7H2,1-3H3,(H,15,16,17)/t9-,10+,11?,14+/m1/s1. The number of amidine groups is 1. The molecule has 3 aliphatic rings. The average Bonchev–Trinajstić information content (AvgIpc) is 2.95. The quantitative estimate of drug-likeness (QED) is 0.835. The van der Waals surface area contributed by atoms with Crippen LogP contribution in [-0.4, -0.2) is 21.9 Å². The normalized spacial score (nSPS) is 45.2. The van der Waals surface area contributed by atoms with Crippen molar-refractivity contribution in [3.63, 3.8) is 0 Å².